The molecule has 1 aromatic heterocycles. The zero-order chi connectivity index (χ0) is 20.3. The summed E-state index contributed by atoms with van der Waals surface area (Å²) < 4.78 is 5.06. The number of phenolic OH excluding ortho intramolecular Hbond substituents is 2. The number of aromatic amines is 1. The largest absolute Gasteiger partial charge is 0.508 e. The molecule has 2 heterocycles. The Hall–Kier alpha value is -3.36. The van der Waals surface area contributed by atoms with E-state index in [4.69, 9.17) is 4.74 Å². The molecule has 1 aromatic carbocycles. The van der Waals surface area contributed by atoms with Gasteiger partial charge in [-0.15, -0.1) is 0 Å². The van der Waals surface area contributed by atoms with Crippen LogP contribution in [0.15, 0.2) is 30.7 Å². The monoisotopic (exact) mass is 387 g/mol. The van der Waals surface area contributed by atoms with Gasteiger partial charge in [0.05, 0.1) is 24.5 Å². The maximum absolute atomic E-state index is 12.9. The minimum atomic E-state index is -1.10. The molecule has 1 fully saturated rings. The predicted molar refractivity (Wildman–Crippen MR) is 96.1 cm³/mol. The van der Waals surface area contributed by atoms with Gasteiger partial charge in [0.15, 0.2) is 0 Å². The highest BCUT2D eigenvalue weighted by molar-refractivity contribution is 6.06. The molecule has 2 aromatic rings. The molecule has 0 radical (unpaired) electrons. The number of nitrogens with zero attached hydrogens (tertiary/aromatic N) is 2. The summed E-state index contributed by atoms with van der Waals surface area (Å²) in [7, 11) is 0. The van der Waals surface area contributed by atoms with E-state index in [1.54, 1.807) is 13.1 Å². The van der Waals surface area contributed by atoms with Crippen molar-refractivity contribution in [2.24, 2.45) is 5.92 Å². The van der Waals surface area contributed by atoms with E-state index in [0.29, 0.717) is 11.3 Å². The number of carbonyl (C=O) groups excluding carboxylic acids is 3. The smallest absolute Gasteiger partial charge is 0.329 e. The number of nitrogens with one attached hydrogen (secondary N) is 1. The van der Waals surface area contributed by atoms with Gasteiger partial charge in [0.2, 0.25) is 11.8 Å². The van der Waals surface area contributed by atoms with Crippen LogP contribution in [-0.2, 0) is 32.0 Å². The molecule has 28 heavy (non-hydrogen) atoms. The van der Waals surface area contributed by atoms with Crippen LogP contribution in [0.2, 0.25) is 0 Å². The first kappa shape index (κ1) is 19.4. The van der Waals surface area contributed by atoms with E-state index >= 15 is 0 Å². The Morgan fingerprint density at radius 3 is 2.82 bits per heavy atom. The van der Waals surface area contributed by atoms with Gasteiger partial charge in [-0.3, -0.25) is 14.5 Å². The van der Waals surface area contributed by atoms with Crippen LogP contribution >= 0.6 is 0 Å². The number of H-pyrrole nitrogens is 1. The molecule has 9 nitrogen and oxygen atoms in total. The van der Waals surface area contributed by atoms with Crippen LogP contribution in [0.3, 0.4) is 0 Å². The summed E-state index contributed by atoms with van der Waals surface area (Å²) >= 11 is 0. The molecular weight excluding hydrogens is 366 g/mol. The summed E-state index contributed by atoms with van der Waals surface area (Å²) in [6, 6.07) is 2.97. The Morgan fingerprint density at radius 2 is 2.18 bits per heavy atom. The van der Waals surface area contributed by atoms with Gasteiger partial charge in [0.25, 0.3) is 0 Å². The van der Waals surface area contributed by atoms with Gasteiger partial charge in [-0.05, 0) is 25.0 Å². The third-order valence-corrected chi connectivity index (χ3v) is 4.64. The Morgan fingerprint density at radius 1 is 1.39 bits per heavy atom. The normalized spacial score (nSPS) is 17.8. The number of carbonyl (C=O) groups is 3. The summed E-state index contributed by atoms with van der Waals surface area (Å²) in [5.74, 6) is -2.59. The average Bonchev–Trinajstić information content (AvgIpc) is 3.24. The van der Waals surface area contributed by atoms with Gasteiger partial charge in [0.1, 0.15) is 17.5 Å². The van der Waals surface area contributed by atoms with Crippen LogP contribution in [-0.4, -0.2) is 55.5 Å². The van der Waals surface area contributed by atoms with Crippen LogP contribution in [0.1, 0.15) is 24.6 Å². The predicted octanol–water partition coefficient (Wildman–Crippen LogP) is 0.913. The van der Waals surface area contributed by atoms with E-state index in [-0.39, 0.29) is 37.4 Å². The number of imide groups is 1. The minimum absolute atomic E-state index is 0.0526. The maximum atomic E-state index is 12.9. The van der Waals surface area contributed by atoms with Crippen LogP contribution in [0.25, 0.3) is 0 Å². The standard InChI is InChI=1S/C19H21N3O6/c1-2-28-19(27)15(7-13-9-20-10-21-13)22-17(25)6-12(18(22)26)5-11-3-4-14(23)8-16(11)24/h3-4,8-10,12,15,23-24H,2,5-7H2,1H3,(H,20,21). The molecule has 1 aliphatic rings. The van der Waals surface area contributed by atoms with Crippen molar-refractivity contribution >= 4 is 17.8 Å². The molecule has 0 saturated carbocycles. The van der Waals surface area contributed by atoms with Crippen molar-refractivity contribution < 1.29 is 29.3 Å². The van der Waals surface area contributed by atoms with E-state index < -0.39 is 29.7 Å². The Kier molecular flexibility index (Phi) is 5.62. The van der Waals surface area contributed by atoms with Gasteiger partial charge in [0, 0.05) is 25.1 Å². The second-order valence-electron chi connectivity index (χ2n) is 6.55. The number of aromatic hydroxyl groups is 2. The molecular formula is C19H21N3O6. The van der Waals surface area contributed by atoms with Crippen molar-refractivity contribution in [2.45, 2.75) is 32.2 Å². The van der Waals surface area contributed by atoms with Crippen molar-refractivity contribution in [3.05, 3.63) is 42.0 Å². The first-order chi connectivity index (χ1) is 13.4. The number of benzene rings is 1. The van der Waals surface area contributed by atoms with Crippen molar-refractivity contribution in [2.75, 3.05) is 6.61 Å². The molecule has 0 spiro atoms. The third-order valence-electron chi connectivity index (χ3n) is 4.64. The molecule has 1 saturated heterocycles. The number of likely N-dealkylation sites (tertiary alicyclic amines) is 1. The highest BCUT2D eigenvalue weighted by Gasteiger charge is 2.45. The quantitative estimate of drug-likeness (QED) is 0.475. The van der Waals surface area contributed by atoms with Gasteiger partial charge in [-0.2, -0.15) is 0 Å². The van der Waals surface area contributed by atoms with Crippen LogP contribution in [0, 0.1) is 5.92 Å². The molecule has 0 bridgehead atoms. The number of phenols is 2. The summed E-state index contributed by atoms with van der Waals surface area (Å²) in [5.41, 5.74) is 0.962. The number of ether oxygens (including phenoxy) is 1. The van der Waals surface area contributed by atoms with Gasteiger partial charge in [-0.25, -0.2) is 9.78 Å². The fraction of sp³-hybridized carbons (Fsp3) is 0.368. The molecule has 148 valence electrons. The Balaban J connectivity index is 1.81. The second kappa shape index (κ2) is 8.12. The van der Waals surface area contributed by atoms with Crippen molar-refractivity contribution in [1.29, 1.82) is 0 Å². The lowest BCUT2D eigenvalue weighted by Gasteiger charge is -2.24. The number of rotatable bonds is 7. The SMILES string of the molecule is CCOC(=O)C(Cc1c[nH]cn1)N1C(=O)CC(Cc2ccc(O)cc2O)C1=O. The molecule has 9 heteroatoms. The fourth-order valence-corrected chi connectivity index (χ4v) is 3.31. The van der Waals surface area contributed by atoms with E-state index in [2.05, 4.69) is 9.97 Å². The van der Waals surface area contributed by atoms with Gasteiger partial charge >= 0.3 is 5.97 Å². The van der Waals surface area contributed by atoms with Crippen molar-refractivity contribution in [3.8, 4) is 11.5 Å². The summed E-state index contributed by atoms with van der Waals surface area (Å²) in [6.45, 7) is 1.77. The lowest BCUT2D eigenvalue weighted by Crippen LogP contribution is -2.47. The van der Waals surface area contributed by atoms with E-state index in [1.807, 2.05) is 0 Å². The second-order valence-corrected chi connectivity index (χ2v) is 6.55. The first-order valence-corrected chi connectivity index (χ1v) is 8.91. The summed E-state index contributed by atoms with van der Waals surface area (Å²) in [5, 5.41) is 19.3. The van der Waals surface area contributed by atoms with E-state index in [1.165, 1.54) is 24.5 Å². The van der Waals surface area contributed by atoms with E-state index in [0.717, 1.165) is 4.90 Å². The number of hydrogen-bond acceptors (Lipinski definition) is 7. The van der Waals surface area contributed by atoms with Crippen LogP contribution < -0.4 is 0 Å². The van der Waals surface area contributed by atoms with Crippen molar-refractivity contribution in [1.82, 2.24) is 14.9 Å². The topological polar surface area (TPSA) is 133 Å². The summed E-state index contributed by atoms with van der Waals surface area (Å²) in [6.07, 6.45) is 3.13. The third kappa shape index (κ3) is 3.98. The zero-order valence-corrected chi connectivity index (χ0v) is 15.3. The molecule has 3 rings (SSSR count). The Bertz CT molecular complexity index is 880. The maximum Gasteiger partial charge on any atom is 0.329 e. The lowest BCUT2D eigenvalue weighted by atomic mass is 9.97. The van der Waals surface area contributed by atoms with Crippen LogP contribution in [0.5, 0.6) is 11.5 Å². The summed E-state index contributed by atoms with van der Waals surface area (Å²) in [4.78, 5) is 45.7. The lowest BCUT2D eigenvalue weighted by molar-refractivity contribution is -0.158. The van der Waals surface area contributed by atoms with Crippen LogP contribution in [0.4, 0.5) is 0 Å². The van der Waals surface area contributed by atoms with Gasteiger partial charge < -0.3 is 19.9 Å². The van der Waals surface area contributed by atoms with E-state index in [9.17, 15) is 24.6 Å². The number of amides is 2. The Labute approximate surface area is 161 Å². The van der Waals surface area contributed by atoms with Crippen molar-refractivity contribution in [3.63, 3.8) is 0 Å². The average molecular weight is 387 g/mol. The molecule has 2 amide bonds. The number of hydrogen-bond donors (Lipinski definition) is 3. The first-order valence-electron chi connectivity index (χ1n) is 8.91. The molecule has 2 atom stereocenters. The van der Waals surface area contributed by atoms with Gasteiger partial charge in [-0.1, -0.05) is 6.07 Å². The molecule has 3 N–H and O–H groups in total. The highest BCUT2D eigenvalue weighted by atomic mass is 16.5. The number of esters is 1. The number of imidazole rings is 1. The molecule has 0 aliphatic carbocycles. The number of aromatic nitrogens is 2. The fourth-order valence-electron chi connectivity index (χ4n) is 3.31. The molecule has 1 aliphatic heterocycles. The zero-order valence-electron chi connectivity index (χ0n) is 15.3. The highest BCUT2D eigenvalue weighted by Crippen LogP contribution is 2.31. The molecule has 2 unspecified atom stereocenters. The minimum Gasteiger partial charge on any atom is -0.508 e.